The fourth-order valence-corrected chi connectivity index (χ4v) is 6.58. The Balaban J connectivity index is 0.000000220. The maximum absolute atomic E-state index is 12.5. The standard InChI is InChI=1S/C17H29NO4.C12H21NO2/c1-5-21-15(19)14-10-12-8-6-7-9-13(12)11-18(14)16(20)22-17(2,3)4;1-2-15-12(14)11-7-9-5-3-4-6-10(9)8-13-11/h12-14H,5-11H2,1-4H3;9-11,13H,2-8H2,1H3. The van der Waals surface area contributed by atoms with Crippen molar-refractivity contribution in [1.29, 1.82) is 0 Å². The summed E-state index contributed by atoms with van der Waals surface area (Å²) in [7, 11) is 0. The Morgan fingerprint density at radius 3 is 1.92 bits per heavy atom. The topological polar surface area (TPSA) is 94.2 Å². The average molecular weight is 523 g/mol. The number of nitrogens with one attached hydrogen (secondary N) is 1. The number of rotatable bonds is 4. The van der Waals surface area contributed by atoms with Gasteiger partial charge < -0.3 is 19.5 Å². The van der Waals surface area contributed by atoms with Gasteiger partial charge in [0.1, 0.15) is 17.7 Å². The van der Waals surface area contributed by atoms with Crippen LogP contribution in [0.3, 0.4) is 0 Å². The van der Waals surface area contributed by atoms with E-state index in [0.717, 1.165) is 37.6 Å². The molecule has 0 bridgehead atoms. The summed E-state index contributed by atoms with van der Waals surface area (Å²) in [6.07, 6.45) is 11.4. The summed E-state index contributed by atoms with van der Waals surface area (Å²) in [5.74, 6) is 2.24. The van der Waals surface area contributed by atoms with Crippen molar-refractivity contribution in [2.24, 2.45) is 23.7 Å². The summed E-state index contributed by atoms with van der Waals surface area (Å²) < 4.78 is 15.7. The fraction of sp³-hybridized carbons (Fsp3) is 0.897. The lowest BCUT2D eigenvalue weighted by atomic mass is 9.73. The van der Waals surface area contributed by atoms with Gasteiger partial charge in [0.15, 0.2) is 0 Å². The van der Waals surface area contributed by atoms with Crippen LogP contribution in [0.1, 0.15) is 98.8 Å². The Kier molecular flexibility index (Phi) is 11.1. The second kappa shape index (κ2) is 13.8. The second-order valence-corrected chi connectivity index (χ2v) is 12.2. The van der Waals surface area contributed by atoms with E-state index in [1.54, 1.807) is 11.8 Å². The van der Waals surface area contributed by atoms with Crippen molar-refractivity contribution in [2.45, 2.75) is 117 Å². The third-order valence-electron chi connectivity index (χ3n) is 8.39. The molecular formula is C29H50N2O6. The number of fused-ring (bicyclic) bond motifs is 2. The van der Waals surface area contributed by atoms with Crippen molar-refractivity contribution in [3.05, 3.63) is 0 Å². The summed E-state index contributed by atoms with van der Waals surface area (Å²) in [4.78, 5) is 38.0. The van der Waals surface area contributed by atoms with E-state index >= 15 is 0 Å². The molecule has 4 aliphatic rings. The van der Waals surface area contributed by atoms with Gasteiger partial charge in [-0.15, -0.1) is 0 Å². The van der Waals surface area contributed by atoms with Crippen molar-refractivity contribution in [3.63, 3.8) is 0 Å². The zero-order valence-corrected chi connectivity index (χ0v) is 23.8. The Hall–Kier alpha value is -1.83. The van der Waals surface area contributed by atoms with Crippen molar-refractivity contribution < 1.29 is 28.6 Å². The van der Waals surface area contributed by atoms with Gasteiger partial charge in [-0.25, -0.2) is 9.59 Å². The first-order valence-corrected chi connectivity index (χ1v) is 14.7. The molecule has 0 spiro atoms. The zero-order valence-electron chi connectivity index (χ0n) is 23.8. The van der Waals surface area contributed by atoms with Crippen LogP contribution in [0.5, 0.6) is 0 Å². The number of ether oxygens (including phenoxy) is 3. The molecule has 2 aliphatic heterocycles. The summed E-state index contributed by atoms with van der Waals surface area (Å²) in [5.41, 5.74) is -0.556. The molecule has 2 saturated heterocycles. The van der Waals surface area contributed by atoms with E-state index in [2.05, 4.69) is 5.32 Å². The Labute approximate surface area is 223 Å². The Morgan fingerprint density at radius 1 is 0.784 bits per heavy atom. The molecule has 8 nitrogen and oxygen atoms in total. The quantitative estimate of drug-likeness (QED) is 0.406. The highest BCUT2D eigenvalue weighted by atomic mass is 16.6. The van der Waals surface area contributed by atoms with E-state index in [1.807, 2.05) is 27.7 Å². The molecule has 0 aromatic heterocycles. The van der Waals surface area contributed by atoms with E-state index in [0.29, 0.717) is 38.0 Å². The van der Waals surface area contributed by atoms with E-state index in [9.17, 15) is 14.4 Å². The lowest BCUT2D eigenvalue weighted by Crippen LogP contribution is -2.55. The monoisotopic (exact) mass is 522 g/mol. The summed E-state index contributed by atoms with van der Waals surface area (Å²) >= 11 is 0. The van der Waals surface area contributed by atoms with Crippen molar-refractivity contribution in [3.8, 4) is 0 Å². The Bertz CT molecular complexity index is 766. The van der Waals surface area contributed by atoms with Crippen molar-refractivity contribution in [1.82, 2.24) is 10.2 Å². The minimum Gasteiger partial charge on any atom is -0.465 e. The highest BCUT2D eigenvalue weighted by molar-refractivity contribution is 5.82. The number of esters is 2. The molecule has 8 heteroatoms. The van der Waals surface area contributed by atoms with Gasteiger partial charge in [-0.1, -0.05) is 38.5 Å². The summed E-state index contributed by atoms with van der Waals surface area (Å²) in [6.45, 7) is 11.6. The molecule has 6 unspecified atom stereocenters. The van der Waals surface area contributed by atoms with Gasteiger partial charge in [-0.3, -0.25) is 9.69 Å². The fourth-order valence-electron chi connectivity index (χ4n) is 6.58. The molecular weight excluding hydrogens is 472 g/mol. The van der Waals surface area contributed by atoms with Gasteiger partial charge in [0.05, 0.1) is 13.2 Å². The summed E-state index contributed by atoms with van der Waals surface area (Å²) in [6, 6.07) is -0.529. The molecule has 2 aliphatic carbocycles. The van der Waals surface area contributed by atoms with Crippen LogP contribution in [0.4, 0.5) is 4.79 Å². The molecule has 2 heterocycles. The smallest absolute Gasteiger partial charge is 0.411 e. The highest BCUT2D eigenvalue weighted by Gasteiger charge is 2.44. The number of carbonyl (C=O) groups is 3. The Morgan fingerprint density at radius 2 is 1.32 bits per heavy atom. The number of carbonyl (C=O) groups excluding carboxylic acids is 3. The number of hydrogen-bond acceptors (Lipinski definition) is 7. The van der Waals surface area contributed by atoms with Crippen molar-refractivity contribution in [2.75, 3.05) is 26.3 Å². The highest BCUT2D eigenvalue weighted by Crippen LogP contribution is 2.39. The molecule has 2 saturated carbocycles. The second-order valence-electron chi connectivity index (χ2n) is 12.2. The third kappa shape index (κ3) is 8.59. The largest absolute Gasteiger partial charge is 0.465 e. The van der Waals surface area contributed by atoms with E-state index in [-0.39, 0.29) is 18.0 Å². The van der Waals surface area contributed by atoms with Crippen LogP contribution < -0.4 is 5.32 Å². The van der Waals surface area contributed by atoms with Crippen LogP contribution in [0.2, 0.25) is 0 Å². The molecule has 4 fully saturated rings. The first-order chi connectivity index (χ1) is 17.6. The molecule has 0 aromatic carbocycles. The van der Waals surface area contributed by atoms with Crippen LogP contribution in [-0.4, -0.2) is 66.9 Å². The first kappa shape index (κ1) is 29.7. The zero-order chi connectivity index (χ0) is 27.0. The SMILES string of the molecule is CCOC(=O)C1CC2CCCCC2CN1.CCOC(=O)C1CC2CCCCC2CN1C(=O)OC(C)(C)C. The van der Waals surface area contributed by atoms with Crippen LogP contribution in [0.25, 0.3) is 0 Å². The van der Waals surface area contributed by atoms with Crippen molar-refractivity contribution >= 4 is 18.0 Å². The molecule has 0 radical (unpaired) electrons. The average Bonchev–Trinajstić information content (AvgIpc) is 2.87. The number of piperidine rings is 2. The van der Waals surface area contributed by atoms with Gasteiger partial charge in [0, 0.05) is 6.54 Å². The minimum absolute atomic E-state index is 0.0377. The molecule has 1 N–H and O–H groups in total. The minimum atomic E-state index is -0.556. The number of hydrogen-bond donors (Lipinski definition) is 1. The molecule has 212 valence electrons. The van der Waals surface area contributed by atoms with Gasteiger partial charge in [-0.05, 0) is 90.5 Å². The first-order valence-electron chi connectivity index (χ1n) is 14.7. The summed E-state index contributed by atoms with van der Waals surface area (Å²) in [5, 5.41) is 3.33. The molecule has 6 atom stereocenters. The number of nitrogens with zero attached hydrogens (tertiary/aromatic N) is 1. The van der Waals surface area contributed by atoms with Crippen LogP contribution in [0, 0.1) is 23.7 Å². The van der Waals surface area contributed by atoms with E-state index < -0.39 is 17.7 Å². The van der Waals surface area contributed by atoms with Crippen LogP contribution in [-0.2, 0) is 23.8 Å². The normalized spacial score (nSPS) is 31.5. The predicted octanol–water partition coefficient (Wildman–Crippen LogP) is 5.08. The lowest BCUT2D eigenvalue weighted by Gasteiger charge is -2.45. The third-order valence-corrected chi connectivity index (χ3v) is 8.39. The van der Waals surface area contributed by atoms with E-state index in [4.69, 9.17) is 14.2 Å². The van der Waals surface area contributed by atoms with Gasteiger partial charge in [0.2, 0.25) is 0 Å². The maximum atomic E-state index is 12.5. The van der Waals surface area contributed by atoms with Gasteiger partial charge in [-0.2, -0.15) is 0 Å². The van der Waals surface area contributed by atoms with E-state index in [1.165, 1.54) is 38.5 Å². The number of amides is 1. The molecule has 4 rings (SSSR count). The number of likely N-dealkylation sites (tertiary alicyclic amines) is 1. The molecule has 0 aromatic rings. The van der Waals surface area contributed by atoms with Gasteiger partial charge >= 0.3 is 18.0 Å². The van der Waals surface area contributed by atoms with Gasteiger partial charge in [0.25, 0.3) is 0 Å². The maximum Gasteiger partial charge on any atom is 0.411 e. The molecule has 1 amide bonds. The van der Waals surface area contributed by atoms with Crippen LogP contribution >= 0.6 is 0 Å². The molecule has 37 heavy (non-hydrogen) atoms. The predicted molar refractivity (Wildman–Crippen MR) is 142 cm³/mol. The van der Waals surface area contributed by atoms with Crippen LogP contribution in [0.15, 0.2) is 0 Å². The lowest BCUT2D eigenvalue weighted by molar-refractivity contribution is -0.153.